The second-order valence-corrected chi connectivity index (χ2v) is 8.10. The highest BCUT2D eigenvalue weighted by Crippen LogP contribution is 2.22. The molecule has 0 aliphatic carbocycles. The van der Waals surface area contributed by atoms with Crippen molar-refractivity contribution in [2.24, 2.45) is 0 Å². The van der Waals surface area contributed by atoms with Gasteiger partial charge in [0.25, 0.3) is 15.9 Å². The molecule has 2 N–H and O–H groups in total. The molecule has 0 aliphatic heterocycles. The van der Waals surface area contributed by atoms with Gasteiger partial charge in [0.2, 0.25) is 0 Å². The molecule has 138 valence electrons. The van der Waals surface area contributed by atoms with E-state index in [9.17, 15) is 13.2 Å². The molecule has 0 atom stereocenters. The summed E-state index contributed by atoms with van der Waals surface area (Å²) in [5, 5.41) is 3.58. The highest BCUT2D eigenvalue weighted by molar-refractivity contribution is 7.92. The fraction of sp³-hybridized carbons (Fsp3) is 0. The number of hydrogen-bond acceptors (Lipinski definition) is 3. The minimum atomic E-state index is -3.74. The summed E-state index contributed by atoms with van der Waals surface area (Å²) in [5.41, 5.74) is 1.19. The number of carbonyl (C=O) groups is 1. The number of anilines is 2. The van der Waals surface area contributed by atoms with Gasteiger partial charge in [0.1, 0.15) is 0 Å². The number of nitrogens with one attached hydrogen (secondary N) is 2. The van der Waals surface area contributed by atoms with Crippen LogP contribution in [0.3, 0.4) is 0 Å². The number of benzene rings is 3. The van der Waals surface area contributed by atoms with Crippen molar-refractivity contribution in [1.82, 2.24) is 0 Å². The van der Waals surface area contributed by atoms with E-state index in [-0.39, 0.29) is 10.8 Å². The van der Waals surface area contributed by atoms with Crippen LogP contribution in [0.25, 0.3) is 0 Å². The average molecular weight is 421 g/mol. The Bertz CT molecular complexity index is 1070. The van der Waals surface area contributed by atoms with Crippen LogP contribution in [0.5, 0.6) is 0 Å². The molecular formula is C19H14Cl2N2O3S. The third kappa shape index (κ3) is 4.80. The molecule has 0 saturated heterocycles. The fourth-order valence-corrected chi connectivity index (χ4v) is 3.64. The van der Waals surface area contributed by atoms with Crippen LogP contribution in [0.2, 0.25) is 10.0 Å². The van der Waals surface area contributed by atoms with Gasteiger partial charge >= 0.3 is 0 Å². The summed E-state index contributed by atoms with van der Waals surface area (Å²) >= 11 is 11.8. The Kier molecular flexibility index (Phi) is 5.70. The molecule has 0 radical (unpaired) electrons. The summed E-state index contributed by atoms with van der Waals surface area (Å²) < 4.78 is 27.2. The topological polar surface area (TPSA) is 75.3 Å². The molecule has 3 rings (SSSR count). The smallest absolute Gasteiger partial charge is 0.261 e. The van der Waals surface area contributed by atoms with Crippen molar-refractivity contribution in [1.29, 1.82) is 0 Å². The van der Waals surface area contributed by atoms with E-state index >= 15 is 0 Å². The second-order valence-electron chi connectivity index (χ2n) is 5.57. The highest BCUT2D eigenvalue weighted by atomic mass is 35.5. The molecule has 3 aromatic rings. The Balaban J connectivity index is 1.72. The lowest BCUT2D eigenvalue weighted by Crippen LogP contribution is -2.14. The van der Waals surface area contributed by atoms with Crippen LogP contribution in [0, 0.1) is 0 Å². The van der Waals surface area contributed by atoms with Gasteiger partial charge in [-0.05, 0) is 60.7 Å². The molecular weight excluding hydrogens is 407 g/mol. The molecule has 1 amide bonds. The van der Waals surface area contributed by atoms with Crippen molar-refractivity contribution in [2.75, 3.05) is 10.0 Å². The van der Waals surface area contributed by atoms with Crippen molar-refractivity contribution < 1.29 is 13.2 Å². The van der Waals surface area contributed by atoms with Gasteiger partial charge in [-0.1, -0.05) is 35.3 Å². The van der Waals surface area contributed by atoms with Gasteiger partial charge < -0.3 is 5.32 Å². The lowest BCUT2D eigenvalue weighted by Gasteiger charge is -2.10. The number of para-hydroxylation sites is 1. The van der Waals surface area contributed by atoms with E-state index in [2.05, 4.69) is 10.0 Å². The van der Waals surface area contributed by atoms with E-state index in [4.69, 9.17) is 23.2 Å². The first kappa shape index (κ1) is 19.2. The Morgan fingerprint density at radius 1 is 0.815 bits per heavy atom. The zero-order chi connectivity index (χ0) is 19.4. The first-order valence-electron chi connectivity index (χ1n) is 7.79. The third-order valence-electron chi connectivity index (χ3n) is 3.65. The van der Waals surface area contributed by atoms with E-state index in [0.29, 0.717) is 27.0 Å². The van der Waals surface area contributed by atoms with Crippen LogP contribution >= 0.6 is 23.2 Å². The van der Waals surface area contributed by atoms with Gasteiger partial charge in [0.05, 0.1) is 15.6 Å². The molecule has 0 fully saturated rings. The number of amides is 1. The standard InChI is InChI=1S/C19H14Cl2N2O3S/c20-14-7-11-16(12-8-14)27(25,26)23-15-9-5-13(6-10-15)19(24)22-18-4-2-1-3-17(18)21/h1-12,23H,(H,22,24). The van der Waals surface area contributed by atoms with Crippen molar-refractivity contribution in [3.8, 4) is 0 Å². The van der Waals surface area contributed by atoms with Gasteiger partial charge in [-0.25, -0.2) is 8.42 Å². The van der Waals surface area contributed by atoms with E-state index < -0.39 is 10.0 Å². The SMILES string of the molecule is O=C(Nc1ccccc1Cl)c1ccc(NS(=O)(=O)c2ccc(Cl)cc2)cc1. The molecule has 0 aliphatic rings. The average Bonchev–Trinajstić information content (AvgIpc) is 2.64. The quantitative estimate of drug-likeness (QED) is 0.606. The first-order valence-corrected chi connectivity index (χ1v) is 10.0. The number of rotatable bonds is 5. The molecule has 5 nitrogen and oxygen atoms in total. The summed E-state index contributed by atoms with van der Waals surface area (Å²) in [6.07, 6.45) is 0. The second kappa shape index (κ2) is 8.00. The molecule has 0 bridgehead atoms. The Labute approximate surface area is 167 Å². The van der Waals surface area contributed by atoms with Gasteiger partial charge in [0, 0.05) is 16.3 Å². The summed E-state index contributed by atoms with van der Waals surface area (Å²) in [6.45, 7) is 0. The maximum Gasteiger partial charge on any atom is 0.261 e. The largest absolute Gasteiger partial charge is 0.321 e. The van der Waals surface area contributed by atoms with E-state index in [1.807, 2.05) is 0 Å². The molecule has 0 heterocycles. The lowest BCUT2D eigenvalue weighted by atomic mass is 10.2. The molecule has 0 aromatic heterocycles. The number of sulfonamides is 1. The molecule has 27 heavy (non-hydrogen) atoms. The lowest BCUT2D eigenvalue weighted by molar-refractivity contribution is 0.102. The molecule has 3 aromatic carbocycles. The van der Waals surface area contributed by atoms with E-state index in [0.717, 1.165) is 0 Å². The van der Waals surface area contributed by atoms with Crippen LogP contribution < -0.4 is 10.0 Å². The normalized spacial score (nSPS) is 11.0. The van der Waals surface area contributed by atoms with Gasteiger partial charge in [-0.15, -0.1) is 0 Å². The monoisotopic (exact) mass is 420 g/mol. The first-order chi connectivity index (χ1) is 12.8. The van der Waals surface area contributed by atoms with Crippen molar-refractivity contribution >= 4 is 50.5 Å². The zero-order valence-corrected chi connectivity index (χ0v) is 16.1. The summed E-state index contributed by atoms with van der Waals surface area (Å²) in [6, 6.07) is 18.8. The number of halogens is 2. The summed E-state index contributed by atoms with van der Waals surface area (Å²) in [5.74, 6) is -0.352. The van der Waals surface area contributed by atoms with Crippen LogP contribution in [0.1, 0.15) is 10.4 Å². The Morgan fingerprint density at radius 2 is 1.44 bits per heavy atom. The van der Waals surface area contributed by atoms with Gasteiger partial charge in [0.15, 0.2) is 0 Å². The number of carbonyl (C=O) groups excluding carboxylic acids is 1. The van der Waals surface area contributed by atoms with Crippen molar-refractivity contribution in [3.63, 3.8) is 0 Å². The highest BCUT2D eigenvalue weighted by Gasteiger charge is 2.14. The molecule has 0 unspecified atom stereocenters. The third-order valence-corrected chi connectivity index (χ3v) is 5.62. The minimum Gasteiger partial charge on any atom is -0.321 e. The van der Waals surface area contributed by atoms with Gasteiger partial charge in [-0.2, -0.15) is 0 Å². The summed E-state index contributed by atoms with van der Waals surface area (Å²) in [4.78, 5) is 12.4. The summed E-state index contributed by atoms with van der Waals surface area (Å²) in [7, 11) is -3.74. The van der Waals surface area contributed by atoms with Crippen LogP contribution in [-0.4, -0.2) is 14.3 Å². The Morgan fingerprint density at radius 3 is 2.07 bits per heavy atom. The van der Waals surface area contributed by atoms with Crippen molar-refractivity contribution in [3.05, 3.63) is 88.4 Å². The fourth-order valence-electron chi connectivity index (χ4n) is 2.27. The predicted octanol–water partition coefficient (Wildman–Crippen LogP) is 5.05. The van der Waals surface area contributed by atoms with Crippen LogP contribution in [-0.2, 0) is 10.0 Å². The maximum atomic E-state index is 12.4. The number of hydrogen-bond donors (Lipinski definition) is 2. The van der Waals surface area contributed by atoms with Crippen LogP contribution in [0.15, 0.2) is 77.7 Å². The van der Waals surface area contributed by atoms with Gasteiger partial charge in [-0.3, -0.25) is 9.52 Å². The molecule has 0 spiro atoms. The minimum absolute atomic E-state index is 0.0902. The van der Waals surface area contributed by atoms with E-state index in [1.165, 1.54) is 48.5 Å². The van der Waals surface area contributed by atoms with E-state index in [1.54, 1.807) is 24.3 Å². The Hall–Kier alpha value is -2.54. The molecule has 8 heteroatoms. The van der Waals surface area contributed by atoms with Crippen LogP contribution in [0.4, 0.5) is 11.4 Å². The zero-order valence-electron chi connectivity index (χ0n) is 13.8. The molecule has 0 saturated carbocycles. The van der Waals surface area contributed by atoms with Crippen molar-refractivity contribution in [2.45, 2.75) is 4.90 Å². The predicted molar refractivity (Wildman–Crippen MR) is 108 cm³/mol. The maximum absolute atomic E-state index is 12.4.